The summed E-state index contributed by atoms with van der Waals surface area (Å²) in [5.41, 5.74) is 4.90. The number of imide groups is 1. The van der Waals surface area contributed by atoms with Crippen LogP contribution < -0.4 is 0 Å². The van der Waals surface area contributed by atoms with E-state index in [1.165, 1.54) is 22.3 Å². The fraction of sp³-hybridized carbons (Fsp3) is 0.290. The van der Waals surface area contributed by atoms with Crippen LogP contribution in [0.25, 0.3) is 11.1 Å². The number of hydroxylamine groups is 2. The number of benzene rings is 3. The summed E-state index contributed by atoms with van der Waals surface area (Å²) in [5, 5.41) is 0.574. The van der Waals surface area contributed by atoms with E-state index < -0.39 is 23.7 Å². The van der Waals surface area contributed by atoms with Gasteiger partial charge in [-0.25, -0.2) is 9.59 Å². The van der Waals surface area contributed by atoms with E-state index >= 15 is 0 Å². The Morgan fingerprint density at radius 2 is 1.28 bits per heavy atom. The molecule has 2 heterocycles. The van der Waals surface area contributed by atoms with Crippen LogP contribution in [0.5, 0.6) is 0 Å². The standard InChI is InChI=1S/C31H26N2O6/c34-27-23-11-5-6-12-24(23)28(35)33(27)39-29(36)26-17-31(26)13-15-32(16-14-31)30(37)38-18-25-21-9-3-1-7-19(21)20-8-2-4-10-22(20)25/h1-12,25-26H,13-18H2. The Morgan fingerprint density at radius 1 is 0.769 bits per heavy atom. The van der Waals surface area contributed by atoms with Gasteiger partial charge in [-0.2, -0.15) is 0 Å². The third-order valence-electron chi connectivity index (χ3n) is 8.77. The van der Waals surface area contributed by atoms with Crippen molar-refractivity contribution in [1.82, 2.24) is 9.96 Å². The van der Waals surface area contributed by atoms with Crippen molar-refractivity contribution in [2.24, 2.45) is 11.3 Å². The summed E-state index contributed by atoms with van der Waals surface area (Å²) in [6.45, 7) is 1.23. The van der Waals surface area contributed by atoms with Crippen LogP contribution in [0.4, 0.5) is 4.79 Å². The number of fused-ring (bicyclic) bond motifs is 4. The molecule has 1 spiro atoms. The molecule has 1 unspecified atom stereocenters. The van der Waals surface area contributed by atoms with Crippen molar-refractivity contribution in [3.63, 3.8) is 0 Å². The monoisotopic (exact) mass is 522 g/mol. The zero-order valence-electron chi connectivity index (χ0n) is 21.2. The molecule has 1 saturated heterocycles. The number of amides is 3. The molecule has 7 rings (SSSR count). The maximum Gasteiger partial charge on any atom is 0.409 e. The Labute approximate surface area is 225 Å². The van der Waals surface area contributed by atoms with E-state index in [9.17, 15) is 19.2 Å². The minimum absolute atomic E-state index is 0.00205. The van der Waals surface area contributed by atoms with Crippen molar-refractivity contribution in [3.8, 4) is 11.1 Å². The number of carbonyl (C=O) groups excluding carboxylic acids is 4. The maximum absolute atomic E-state index is 13.0. The predicted octanol–water partition coefficient (Wildman–Crippen LogP) is 4.79. The molecule has 1 atom stereocenters. The van der Waals surface area contributed by atoms with Crippen molar-refractivity contribution < 1.29 is 28.8 Å². The number of carbonyl (C=O) groups is 4. The summed E-state index contributed by atoms with van der Waals surface area (Å²) in [5.74, 6) is -2.21. The van der Waals surface area contributed by atoms with Crippen molar-refractivity contribution in [2.45, 2.75) is 25.2 Å². The number of piperidine rings is 1. The van der Waals surface area contributed by atoms with Gasteiger partial charge in [0.15, 0.2) is 0 Å². The predicted molar refractivity (Wildman–Crippen MR) is 139 cm³/mol. The van der Waals surface area contributed by atoms with Crippen LogP contribution in [-0.4, -0.2) is 53.5 Å². The molecule has 4 aliphatic rings. The van der Waals surface area contributed by atoms with E-state index in [0.29, 0.717) is 37.4 Å². The zero-order valence-corrected chi connectivity index (χ0v) is 21.2. The highest BCUT2D eigenvalue weighted by molar-refractivity contribution is 6.20. The molecule has 3 aromatic rings. The average molecular weight is 523 g/mol. The molecule has 1 saturated carbocycles. The number of ether oxygens (including phenoxy) is 1. The minimum Gasteiger partial charge on any atom is -0.448 e. The van der Waals surface area contributed by atoms with Crippen LogP contribution in [0.3, 0.4) is 0 Å². The van der Waals surface area contributed by atoms with E-state index in [-0.39, 0.29) is 35.2 Å². The Balaban J connectivity index is 0.940. The molecule has 2 fully saturated rings. The van der Waals surface area contributed by atoms with Gasteiger partial charge in [-0.3, -0.25) is 9.59 Å². The summed E-state index contributed by atoms with van der Waals surface area (Å²) in [7, 11) is 0. The van der Waals surface area contributed by atoms with Crippen LogP contribution in [0, 0.1) is 11.3 Å². The Morgan fingerprint density at radius 3 is 1.85 bits per heavy atom. The van der Waals surface area contributed by atoms with E-state index in [4.69, 9.17) is 9.57 Å². The quantitative estimate of drug-likeness (QED) is 0.458. The van der Waals surface area contributed by atoms with Crippen LogP contribution in [0.1, 0.15) is 57.0 Å². The molecule has 3 aromatic carbocycles. The van der Waals surface area contributed by atoms with Gasteiger partial charge >= 0.3 is 12.1 Å². The minimum atomic E-state index is -0.622. The molecule has 0 radical (unpaired) electrons. The van der Waals surface area contributed by atoms with Gasteiger partial charge in [-0.15, -0.1) is 0 Å². The highest BCUT2D eigenvalue weighted by Crippen LogP contribution is 2.60. The summed E-state index contributed by atoms with van der Waals surface area (Å²) in [4.78, 5) is 57.9. The van der Waals surface area contributed by atoms with E-state index in [0.717, 1.165) is 0 Å². The second kappa shape index (κ2) is 8.80. The first-order valence-corrected chi connectivity index (χ1v) is 13.3. The summed E-state index contributed by atoms with van der Waals surface area (Å²) in [6.07, 6.45) is 1.55. The molecule has 0 bridgehead atoms. The summed E-state index contributed by atoms with van der Waals surface area (Å²) >= 11 is 0. The molecule has 8 nitrogen and oxygen atoms in total. The Hall–Kier alpha value is -4.46. The van der Waals surface area contributed by atoms with E-state index in [1.807, 2.05) is 24.3 Å². The molecule has 2 aliphatic heterocycles. The molecular formula is C31H26N2O6. The lowest BCUT2D eigenvalue weighted by Gasteiger charge is -2.32. The van der Waals surface area contributed by atoms with Gasteiger partial charge in [0.25, 0.3) is 11.8 Å². The number of hydrogen-bond donors (Lipinski definition) is 0. The molecule has 0 N–H and O–H groups in total. The first kappa shape index (κ1) is 23.6. The molecule has 0 aromatic heterocycles. The first-order chi connectivity index (χ1) is 19.0. The topological polar surface area (TPSA) is 93.2 Å². The van der Waals surface area contributed by atoms with Gasteiger partial charge in [0.05, 0.1) is 17.0 Å². The normalized spacial score (nSPS) is 20.5. The van der Waals surface area contributed by atoms with Crippen LogP contribution in [0.2, 0.25) is 0 Å². The number of rotatable bonds is 4. The molecule has 3 amide bonds. The van der Waals surface area contributed by atoms with Crippen molar-refractivity contribution in [2.75, 3.05) is 19.7 Å². The van der Waals surface area contributed by atoms with Gasteiger partial charge in [-0.1, -0.05) is 65.7 Å². The largest absolute Gasteiger partial charge is 0.448 e. The smallest absolute Gasteiger partial charge is 0.409 e. The fourth-order valence-electron chi connectivity index (χ4n) is 6.46. The zero-order chi connectivity index (χ0) is 26.7. The molecule has 8 heteroatoms. The second-order valence-electron chi connectivity index (χ2n) is 10.8. The lowest BCUT2D eigenvalue weighted by molar-refractivity contribution is -0.171. The second-order valence-corrected chi connectivity index (χ2v) is 10.8. The van der Waals surface area contributed by atoms with Gasteiger partial charge in [0, 0.05) is 19.0 Å². The number of hydrogen-bond acceptors (Lipinski definition) is 6. The van der Waals surface area contributed by atoms with Crippen LogP contribution >= 0.6 is 0 Å². The number of likely N-dealkylation sites (tertiary alicyclic amines) is 1. The lowest BCUT2D eigenvalue weighted by Crippen LogP contribution is -2.41. The molecular weight excluding hydrogens is 496 g/mol. The highest BCUT2D eigenvalue weighted by atomic mass is 16.7. The van der Waals surface area contributed by atoms with E-state index in [1.54, 1.807) is 29.2 Å². The van der Waals surface area contributed by atoms with Crippen LogP contribution in [0.15, 0.2) is 72.8 Å². The van der Waals surface area contributed by atoms with Gasteiger partial charge < -0.3 is 14.5 Å². The molecule has 39 heavy (non-hydrogen) atoms. The summed E-state index contributed by atoms with van der Waals surface area (Å²) < 4.78 is 5.80. The lowest BCUT2D eigenvalue weighted by atomic mass is 9.91. The van der Waals surface area contributed by atoms with Gasteiger partial charge in [0.2, 0.25) is 0 Å². The average Bonchev–Trinajstić information content (AvgIpc) is 3.50. The maximum atomic E-state index is 13.0. The third-order valence-corrected chi connectivity index (χ3v) is 8.77. The number of nitrogens with zero attached hydrogens (tertiary/aromatic N) is 2. The van der Waals surface area contributed by atoms with Gasteiger partial charge in [-0.05, 0) is 59.1 Å². The summed E-state index contributed by atoms with van der Waals surface area (Å²) in [6, 6.07) is 22.9. The van der Waals surface area contributed by atoms with Crippen LogP contribution in [-0.2, 0) is 14.4 Å². The molecule has 2 aliphatic carbocycles. The van der Waals surface area contributed by atoms with Crippen molar-refractivity contribution >= 4 is 23.9 Å². The Bertz CT molecular complexity index is 1460. The van der Waals surface area contributed by atoms with Crippen molar-refractivity contribution in [1.29, 1.82) is 0 Å². The SMILES string of the molecule is O=C(ON1C(=O)c2ccccc2C1=O)C1CC12CCN(C(=O)OCC1c3ccccc3-c3ccccc31)CC2. The Kier molecular flexibility index (Phi) is 5.33. The molecule has 196 valence electrons. The van der Waals surface area contributed by atoms with E-state index in [2.05, 4.69) is 24.3 Å². The third kappa shape index (κ3) is 3.73. The van der Waals surface area contributed by atoms with Gasteiger partial charge in [0.1, 0.15) is 6.61 Å². The highest BCUT2D eigenvalue weighted by Gasteiger charge is 2.61. The van der Waals surface area contributed by atoms with Crippen molar-refractivity contribution in [3.05, 3.63) is 95.1 Å². The fourth-order valence-corrected chi connectivity index (χ4v) is 6.46. The first-order valence-electron chi connectivity index (χ1n) is 13.3.